The number of rotatable bonds is 5. The molecular formula is C16H35NO2SSi. The highest BCUT2D eigenvalue weighted by Gasteiger charge is 2.44. The third-order valence-corrected chi connectivity index (χ3v) is 11.2. The van der Waals surface area contributed by atoms with E-state index in [9.17, 15) is 4.55 Å². The minimum atomic E-state index is -1.64. The minimum Gasteiger partial charge on any atom is -0.598 e. The van der Waals surface area contributed by atoms with Crippen molar-refractivity contribution in [2.45, 2.75) is 96.3 Å². The highest BCUT2D eigenvalue weighted by molar-refractivity contribution is 7.90. The van der Waals surface area contributed by atoms with Gasteiger partial charge in [0.15, 0.2) is 8.32 Å². The quantitative estimate of drug-likeness (QED) is 0.605. The van der Waals surface area contributed by atoms with Gasteiger partial charge in [-0.2, -0.15) is 0 Å². The topological polar surface area (TPSA) is 44.3 Å². The zero-order chi connectivity index (χ0) is 16.6. The molecule has 0 saturated heterocycles. The average Bonchev–Trinajstić information content (AvgIpc) is 2.19. The highest BCUT2D eigenvalue weighted by atomic mass is 32.2. The summed E-state index contributed by atoms with van der Waals surface area (Å²) in [4.78, 5) is 0. The van der Waals surface area contributed by atoms with Gasteiger partial charge in [-0.3, -0.25) is 0 Å². The molecule has 0 amide bonds. The van der Waals surface area contributed by atoms with Crippen LogP contribution in [0.15, 0.2) is 0 Å². The minimum absolute atomic E-state index is 0.199. The highest BCUT2D eigenvalue weighted by Crippen LogP contribution is 2.42. The third-order valence-electron chi connectivity index (χ3n) is 4.95. The zero-order valence-electron chi connectivity index (χ0n) is 15.4. The summed E-state index contributed by atoms with van der Waals surface area (Å²) in [5.41, 5.74) is 0. The molecule has 1 rings (SSSR count). The fourth-order valence-electron chi connectivity index (χ4n) is 2.15. The van der Waals surface area contributed by atoms with Crippen LogP contribution in [0.3, 0.4) is 0 Å². The van der Waals surface area contributed by atoms with E-state index in [1.807, 2.05) is 20.8 Å². The van der Waals surface area contributed by atoms with E-state index in [0.717, 1.165) is 12.8 Å². The Hall–Kier alpha value is 0.447. The van der Waals surface area contributed by atoms with Crippen LogP contribution in [0.5, 0.6) is 0 Å². The van der Waals surface area contributed by atoms with Crippen LogP contribution < -0.4 is 4.72 Å². The van der Waals surface area contributed by atoms with Gasteiger partial charge in [0.2, 0.25) is 0 Å². The lowest BCUT2D eigenvalue weighted by Gasteiger charge is -2.46. The van der Waals surface area contributed by atoms with Crippen LogP contribution >= 0.6 is 0 Å². The smallest absolute Gasteiger partial charge is 0.192 e. The first kappa shape index (κ1) is 19.5. The Morgan fingerprint density at radius 2 is 1.62 bits per heavy atom. The van der Waals surface area contributed by atoms with Crippen LogP contribution in [0.2, 0.25) is 18.1 Å². The van der Waals surface area contributed by atoms with Gasteiger partial charge in [-0.1, -0.05) is 20.8 Å². The maximum Gasteiger partial charge on any atom is 0.192 e. The summed E-state index contributed by atoms with van der Waals surface area (Å²) < 4.78 is 21.6. The summed E-state index contributed by atoms with van der Waals surface area (Å²) >= 11 is -0.982. The van der Waals surface area contributed by atoms with Crippen LogP contribution in [0, 0.1) is 5.92 Å². The van der Waals surface area contributed by atoms with Crippen LogP contribution in [0.4, 0.5) is 0 Å². The van der Waals surface area contributed by atoms with Crippen LogP contribution in [0.1, 0.15) is 61.3 Å². The molecule has 1 aliphatic carbocycles. The van der Waals surface area contributed by atoms with E-state index in [1.54, 1.807) is 0 Å². The molecule has 2 unspecified atom stereocenters. The number of hydrogen-bond donors (Lipinski definition) is 1. The summed E-state index contributed by atoms with van der Waals surface area (Å²) in [6, 6.07) is 0.296. The van der Waals surface area contributed by atoms with Gasteiger partial charge in [0.25, 0.3) is 0 Å². The predicted molar refractivity (Wildman–Crippen MR) is 95.3 cm³/mol. The van der Waals surface area contributed by atoms with Gasteiger partial charge in [-0.05, 0) is 64.6 Å². The van der Waals surface area contributed by atoms with E-state index in [-0.39, 0.29) is 9.79 Å². The van der Waals surface area contributed by atoms with Crippen molar-refractivity contribution in [1.29, 1.82) is 0 Å². The molecule has 2 atom stereocenters. The van der Waals surface area contributed by atoms with Crippen LogP contribution in [-0.2, 0) is 15.8 Å². The fourth-order valence-corrected chi connectivity index (χ4v) is 4.41. The summed E-state index contributed by atoms with van der Waals surface area (Å²) in [5, 5.41) is 0.273. The second-order valence-electron chi connectivity index (χ2n) is 9.02. The lowest BCUT2D eigenvalue weighted by Crippen LogP contribution is -2.53. The molecule has 21 heavy (non-hydrogen) atoms. The van der Waals surface area contributed by atoms with Crippen molar-refractivity contribution < 1.29 is 8.98 Å². The number of nitrogens with one attached hydrogen (secondary N) is 1. The molecule has 0 aromatic rings. The van der Waals surface area contributed by atoms with Crippen LogP contribution in [0.25, 0.3) is 0 Å². The monoisotopic (exact) mass is 333 g/mol. The van der Waals surface area contributed by atoms with Crippen LogP contribution in [-0.4, -0.2) is 29.8 Å². The molecule has 0 heterocycles. The second kappa shape index (κ2) is 6.52. The van der Waals surface area contributed by atoms with Crippen molar-refractivity contribution in [3.05, 3.63) is 0 Å². The zero-order valence-corrected chi connectivity index (χ0v) is 17.2. The molecule has 1 fully saturated rings. The molecule has 1 N–H and O–H groups in total. The van der Waals surface area contributed by atoms with Gasteiger partial charge in [0.05, 0.1) is 6.04 Å². The van der Waals surface area contributed by atoms with E-state index in [1.165, 1.54) is 0 Å². The van der Waals surface area contributed by atoms with Crippen molar-refractivity contribution in [1.82, 2.24) is 4.72 Å². The third kappa shape index (κ3) is 5.24. The molecule has 1 saturated carbocycles. The summed E-state index contributed by atoms with van der Waals surface area (Å²) in [6.07, 6.45) is 2.60. The molecule has 5 heteroatoms. The SMILES string of the molecule is CC(N[S+]([O-])C(C)(C)C)C1CC(O[Si](C)(C)C(C)(C)C)C1. The fraction of sp³-hybridized carbons (Fsp3) is 1.00. The van der Waals surface area contributed by atoms with Gasteiger partial charge in [-0.25, -0.2) is 0 Å². The first-order valence-corrected chi connectivity index (χ1v) is 12.2. The van der Waals surface area contributed by atoms with Gasteiger partial charge < -0.3 is 8.98 Å². The molecule has 0 aromatic carbocycles. The summed E-state index contributed by atoms with van der Waals surface area (Å²) in [5.74, 6) is 0.589. The molecule has 1 aliphatic rings. The predicted octanol–water partition coefficient (Wildman–Crippen LogP) is 4.23. The normalized spacial score (nSPS) is 27.1. The van der Waals surface area contributed by atoms with Crippen molar-refractivity contribution in [3.8, 4) is 0 Å². The first-order valence-electron chi connectivity index (χ1n) is 8.10. The second-order valence-corrected chi connectivity index (χ2v) is 15.8. The molecular weight excluding hydrogens is 298 g/mol. The maximum absolute atomic E-state index is 12.1. The Balaban J connectivity index is 2.40. The van der Waals surface area contributed by atoms with Crippen molar-refractivity contribution >= 4 is 19.7 Å². The van der Waals surface area contributed by atoms with E-state index >= 15 is 0 Å². The van der Waals surface area contributed by atoms with Gasteiger partial charge >= 0.3 is 0 Å². The Kier molecular flexibility index (Phi) is 6.05. The Morgan fingerprint density at radius 1 is 1.14 bits per heavy atom. The Bertz CT molecular complexity index is 343. The van der Waals surface area contributed by atoms with Gasteiger partial charge in [0.1, 0.15) is 4.75 Å². The lowest BCUT2D eigenvalue weighted by atomic mass is 9.78. The van der Waals surface area contributed by atoms with E-state index in [4.69, 9.17) is 4.43 Å². The molecule has 0 radical (unpaired) electrons. The molecule has 3 nitrogen and oxygen atoms in total. The maximum atomic E-state index is 12.1. The molecule has 0 aliphatic heterocycles. The van der Waals surface area contributed by atoms with Crippen molar-refractivity contribution in [2.24, 2.45) is 5.92 Å². The molecule has 0 aromatic heterocycles. The Labute approximate surface area is 136 Å². The Morgan fingerprint density at radius 3 is 2.00 bits per heavy atom. The standard InChI is InChI=1S/C16H35NO2SSi/c1-12(17-20(18)15(2,3)4)13-10-14(11-13)19-21(8,9)16(5,6)7/h12-14,17H,10-11H2,1-9H3. The van der Waals surface area contributed by atoms with Gasteiger partial charge in [0, 0.05) is 17.5 Å². The molecule has 0 spiro atoms. The van der Waals surface area contributed by atoms with Crippen molar-refractivity contribution in [2.75, 3.05) is 0 Å². The average molecular weight is 334 g/mol. The molecule has 0 bridgehead atoms. The number of hydrogen-bond acceptors (Lipinski definition) is 3. The van der Waals surface area contributed by atoms with Crippen molar-refractivity contribution in [3.63, 3.8) is 0 Å². The van der Waals surface area contributed by atoms with E-state index in [0.29, 0.717) is 18.1 Å². The van der Waals surface area contributed by atoms with E-state index < -0.39 is 19.7 Å². The summed E-state index contributed by atoms with van der Waals surface area (Å²) in [6.45, 7) is 19.7. The molecule has 126 valence electrons. The largest absolute Gasteiger partial charge is 0.598 e. The lowest BCUT2D eigenvalue weighted by molar-refractivity contribution is 0.0404. The van der Waals surface area contributed by atoms with Gasteiger partial charge in [-0.15, -0.1) is 4.72 Å². The summed E-state index contributed by atoms with van der Waals surface area (Å²) in [7, 11) is -1.64. The van der Waals surface area contributed by atoms with E-state index in [2.05, 4.69) is 45.5 Å². The first-order chi connectivity index (χ1) is 9.24.